The summed E-state index contributed by atoms with van der Waals surface area (Å²) in [5.74, 6) is -0.521. The van der Waals surface area contributed by atoms with Crippen LogP contribution < -0.4 is 10.6 Å². The van der Waals surface area contributed by atoms with Gasteiger partial charge in [0.2, 0.25) is 5.95 Å². The number of imide groups is 1. The molecule has 2 aromatic rings. The summed E-state index contributed by atoms with van der Waals surface area (Å²) < 4.78 is 0. The highest BCUT2D eigenvalue weighted by Crippen LogP contribution is 2.27. The van der Waals surface area contributed by atoms with Crippen LogP contribution in [0.5, 0.6) is 0 Å². The van der Waals surface area contributed by atoms with Crippen LogP contribution in [0.3, 0.4) is 0 Å². The number of hydrogen-bond acceptors (Lipinski definition) is 5. The van der Waals surface area contributed by atoms with Gasteiger partial charge in [-0.15, -0.1) is 0 Å². The third kappa shape index (κ3) is 2.81. The van der Waals surface area contributed by atoms with Crippen molar-refractivity contribution in [3.8, 4) is 0 Å². The number of fused-ring (bicyclic) bond motifs is 1. The van der Waals surface area contributed by atoms with Crippen LogP contribution in [0.2, 0.25) is 0 Å². The van der Waals surface area contributed by atoms with E-state index in [1.165, 1.54) is 29.4 Å². The molecule has 0 unspecified atom stereocenters. The molecule has 2 N–H and O–H groups in total. The number of amides is 4. The van der Waals surface area contributed by atoms with E-state index in [1.807, 2.05) is 0 Å². The largest absolute Gasteiger partial charge is 0.326 e. The minimum atomic E-state index is -0.543. The number of rotatable bonds is 3. The van der Waals surface area contributed by atoms with Crippen molar-refractivity contribution in [2.24, 2.45) is 0 Å². The van der Waals surface area contributed by atoms with Gasteiger partial charge < -0.3 is 5.32 Å². The van der Waals surface area contributed by atoms with E-state index in [0.29, 0.717) is 11.3 Å². The first-order valence-corrected chi connectivity index (χ1v) is 7.34. The first-order chi connectivity index (χ1) is 11.5. The minimum absolute atomic E-state index is 0.161. The van der Waals surface area contributed by atoms with Crippen molar-refractivity contribution in [3.05, 3.63) is 47.8 Å². The molecule has 24 heavy (non-hydrogen) atoms. The van der Waals surface area contributed by atoms with Gasteiger partial charge in [-0.2, -0.15) is 0 Å². The third-order valence-electron chi connectivity index (χ3n) is 3.48. The highest BCUT2D eigenvalue weighted by Gasteiger charge is 2.37. The van der Waals surface area contributed by atoms with Crippen LogP contribution in [-0.4, -0.2) is 38.8 Å². The van der Waals surface area contributed by atoms with Crippen LogP contribution in [0.1, 0.15) is 34.6 Å². The van der Waals surface area contributed by atoms with Crippen LogP contribution in [0, 0.1) is 0 Å². The van der Waals surface area contributed by atoms with Gasteiger partial charge in [-0.1, -0.05) is 0 Å². The average molecular weight is 325 g/mol. The first-order valence-electron chi connectivity index (χ1n) is 7.34. The van der Waals surface area contributed by atoms with Gasteiger partial charge in [0.1, 0.15) is 0 Å². The molecule has 0 atom stereocenters. The molecule has 8 heteroatoms. The molecular weight excluding hydrogens is 310 g/mol. The van der Waals surface area contributed by atoms with Gasteiger partial charge in [-0.05, 0) is 38.1 Å². The lowest BCUT2D eigenvalue weighted by Gasteiger charge is -2.17. The molecule has 8 nitrogen and oxygen atoms in total. The van der Waals surface area contributed by atoms with E-state index >= 15 is 0 Å². The molecule has 0 saturated carbocycles. The van der Waals surface area contributed by atoms with Gasteiger partial charge >= 0.3 is 6.03 Å². The van der Waals surface area contributed by atoms with E-state index in [2.05, 4.69) is 20.6 Å². The van der Waals surface area contributed by atoms with Gasteiger partial charge in [0, 0.05) is 24.1 Å². The normalized spacial score (nSPS) is 13.2. The smallest absolute Gasteiger partial charge is 0.308 e. The van der Waals surface area contributed by atoms with Crippen LogP contribution in [0.25, 0.3) is 0 Å². The van der Waals surface area contributed by atoms with E-state index in [0.717, 1.165) is 0 Å². The molecule has 2 heterocycles. The molecule has 1 aromatic carbocycles. The predicted molar refractivity (Wildman–Crippen MR) is 86.8 cm³/mol. The summed E-state index contributed by atoms with van der Waals surface area (Å²) in [5.41, 5.74) is 1.02. The molecule has 0 aliphatic carbocycles. The Morgan fingerprint density at radius 2 is 1.71 bits per heavy atom. The van der Waals surface area contributed by atoms with Crippen LogP contribution in [0.15, 0.2) is 36.7 Å². The Hall–Kier alpha value is -3.29. The Morgan fingerprint density at radius 3 is 2.38 bits per heavy atom. The standard InChI is InChI=1S/C16H15N5O3/c1-9(2)21-13(22)11-5-4-10(8-12(11)14(21)23)19-16(24)20-15-17-6-3-7-18-15/h3-9H,1-2H3,(H2,17,18,19,20,24). The number of anilines is 2. The van der Waals surface area contributed by atoms with Gasteiger partial charge in [0.25, 0.3) is 11.8 Å². The monoisotopic (exact) mass is 325 g/mol. The van der Waals surface area contributed by atoms with Crippen molar-refractivity contribution < 1.29 is 14.4 Å². The molecular formula is C16H15N5O3. The Labute approximate surface area is 137 Å². The van der Waals surface area contributed by atoms with Gasteiger partial charge in [-0.25, -0.2) is 14.8 Å². The maximum atomic E-state index is 12.3. The van der Waals surface area contributed by atoms with E-state index in [-0.39, 0.29) is 29.4 Å². The third-order valence-corrected chi connectivity index (χ3v) is 3.48. The van der Waals surface area contributed by atoms with Crippen molar-refractivity contribution in [2.45, 2.75) is 19.9 Å². The number of nitrogens with zero attached hydrogens (tertiary/aromatic N) is 3. The molecule has 4 amide bonds. The predicted octanol–water partition coefficient (Wildman–Crippen LogP) is 2.12. The molecule has 1 aromatic heterocycles. The fourth-order valence-corrected chi connectivity index (χ4v) is 2.43. The number of carbonyl (C=O) groups is 3. The van der Waals surface area contributed by atoms with Crippen molar-refractivity contribution in [1.82, 2.24) is 14.9 Å². The van der Waals surface area contributed by atoms with Crippen LogP contribution in [0.4, 0.5) is 16.4 Å². The maximum absolute atomic E-state index is 12.3. The van der Waals surface area contributed by atoms with E-state index in [9.17, 15) is 14.4 Å². The summed E-state index contributed by atoms with van der Waals surface area (Å²) in [7, 11) is 0. The molecule has 0 bridgehead atoms. The number of carbonyl (C=O) groups excluding carboxylic acids is 3. The molecule has 0 saturated heterocycles. The summed E-state index contributed by atoms with van der Waals surface area (Å²) in [5, 5.41) is 5.06. The SMILES string of the molecule is CC(C)N1C(=O)c2ccc(NC(=O)Nc3ncccn3)cc2C1=O. The fraction of sp³-hybridized carbons (Fsp3) is 0.188. The summed E-state index contributed by atoms with van der Waals surface area (Å²) in [6, 6.07) is 5.45. The molecule has 122 valence electrons. The van der Waals surface area contributed by atoms with Crippen LogP contribution >= 0.6 is 0 Å². The molecule has 0 spiro atoms. The summed E-state index contributed by atoms with van der Waals surface area (Å²) in [6.07, 6.45) is 3.01. The lowest BCUT2D eigenvalue weighted by molar-refractivity contribution is 0.0609. The first kappa shape index (κ1) is 15.6. The topological polar surface area (TPSA) is 104 Å². The van der Waals surface area contributed by atoms with Crippen molar-refractivity contribution >= 4 is 29.5 Å². The zero-order valence-electron chi connectivity index (χ0n) is 13.1. The lowest BCUT2D eigenvalue weighted by atomic mass is 10.1. The molecule has 0 radical (unpaired) electrons. The quantitative estimate of drug-likeness (QED) is 0.841. The Balaban J connectivity index is 1.77. The number of benzene rings is 1. The number of urea groups is 1. The lowest BCUT2D eigenvalue weighted by Crippen LogP contribution is -2.35. The second-order valence-corrected chi connectivity index (χ2v) is 5.49. The minimum Gasteiger partial charge on any atom is -0.308 e. The fourth-order valence-electron chi connectivity index (χ4n) is 2.43. The molecule has 1 aliphatic rings. The Bertz CT molecular complexity index is 820. The maximum Gasteiger partial charge on any atom is 0.326 e. The van der Waals surface area contributed by atoms with Crippen molar-refractivity contribution in [1.29, 1.82) is 0 Å². The molecule has 0 fully saturated rings. The zero-order chi connectivity index (χ0) is 17.3. The average Bonchev–Trinajstić information content (AvgIpc) is 2.79. The number of hydrogen-bond donors (Lipinski definition) is 2. The second kappa shape index (κ2) is 6.07. The van der Waals surface area contributed by atoms with E-state index in [4.69, 9.17) is 0 Å². The van der Waals surface area contributed by atoms with Crippen molar-refractivity contribution in [3.63, 3.8) is 0 Å². The summed E-state index contributed by atoms with van der Waals surface area (Å²) >= 11 is 0. The zero-order valence-corrected chi connectivity index (χ0v) is 13.1. The van der Waals surface area contributed by atoms with Gasteiger partial charge in [0.05, 0.1) is 11.1 Å². The molecule has 1 aliphatic heterocycles. The van der Waals surface area contributed by atoms with E-state index in [1.54, 1.807) is 26.0 Å². The summed E-state index contributed by atoms with van der Waals surface area (Å²) in [6.45, 7) is 3.54. The second-order valence-electron chi connectivity index (χ2n) is 5.49. The van der Waals surface area contributed by atoms with Gasteiger partial charge in [0.15, 0.2) is 0 Å². The van der Waals surface area contributed by atoms with Crippen LogP contribution in [-0.2, 0) is 0 Å². The summed E-state index contributed by atoms with van der Waals surface area (Å²) in [4.78, 5) is 45.4. The number of aromatic nitrogens is 2. The highest BCUT2D eigenvalue weighted by molar-refractivity contribution is 6.22. The Kier molecular flexibility index (Phi) is 3.95. The Morgan fingerprint density at radius 1 is 1.04 bits per heavy atom. The van der Waals surface area contributed by atoms with Crippen molar-refractivity contribution in [2.75, 3.05) is 10.6 Å². The number of nitrogens with one attached hydrogen (secondary N) is 2. The highest BCUT2D eigenvalue weighted by atomic mass is 16.2. The van der Waals surface area contributed by atoms with Gasteiger partial charge in [-0.3, -0.25) is 19.8 Å². The van der Waals surface area contributed by atoms with E-state index < -0.39 is 6.03 Å². The molecule has 3 rings (SSSR count).